The van der Waals surface area contributed by atoms with Gasteiger partial charge in [-0.05, 0) is 38.1 Å². The summed E-state index contributed by atoms with van der Waals surface area (Å²) in [6, 6.07) is 0. The van der Waals surface area contributed by atoms with E-state index in [0.717, 1.165) is 25.3 Å². The molecule has 0 spiro atoms. The largest absolute Gasteiger partial charge is 0.375 e. The van der Waals surface area contributed by atoms with Crippen LogP contribution in [0.25, 0.3) is 0 Å². The Balaban J connectivity index is 2.31. The molecule has 14 heavy (non-hydrogen) atoms. The molecular weight excluding hydrogens is 174 g/mol. The number of rotatable bonds is 5. The van der Waals surface area contributed by atoms with Gasteiger partial charge in [-0.15, -0.1) is 0 Å². The Morgan fingerprint density at radius 3 is 2.64 bits per heavy atom. The molecule has 0 bridgehead atoms. The first-order chi connectivity index (χ1) is 6.77. The van der Waals surface area contributed by atoms with E-state index < -0.39 is 0 Å². The van der Waals surface area contributed by atoms with Gasteiger partial charge in [0.05, 0.1) is 12.2 Å². The highest BCUT2D eigenvalue weighted by Gasteiger charge is 2.24. The lowest BCUT2D eigenvalue weighted by Crippen LogP contribution is -2.31. The SMILES string of the molecule is CCC(CCN)OC1CCCCC1C. The van der Waals surface area contributed by atoms with Crippen molar-refractivity contribution in [2.45, 2.75) is 64.6 Å². The van der Waals surface area contributed by atoms with E-state index in [4.69, 9.17) is 10.5 Å². The summed E-state index contributed by atoms with van der Waals surface area (Å²) in [4.78, 5) is 0. The summed E-state index contributed by atoms with van der Waals surface area (Å²) in [6.07, 6.45) is 8.32. The Morgan fingerprint density at radius 1 is 1.36 bits per heavy atom. The second kappa shape index (κ2) is 6.41. The monoisotopic (exact) mass is 199 g/mol. The van der Waals surface area contributed by atoms with Gasteiger partial charge in [-0.3, -0.25) is 0 Å². The van der Waals surface area contributed by atoms with Crippen LogP contribution >= 0.6 is 0 Å². The molecule has 1 saturated carbocycles. The highest BCUT2D eigenvalue weighted by molar-refractivity contribution is 4.74. The van der Waals surface area contributed by atoms with Gasteiger partial charge in [0.15, 0.2) is 0 Å². The second-order valence-electron chi connectivity index (χ2n) is 4.54. The van der Waals surface area contributed by atoms with Crippen LogP contribution in [-0.4, -0.2) is 18.8 Å². The number of ether oxygens (including phenoxy) is 1. The highest BCUT2D eigenvalue weighted by atomic mass is 16.5. The van der Waals surface area contributed by atoms with E-state index in [1.165, 1.54) is 25.7 Å². The van der Waals surface area contributed by atoms with Crippen LogP contribution in [0.5, 0.6) is 0 Å². The number of nitrogens with two attached hydrogens (primary N) is 1. The minimum atomic E-state index is 0.394. The van der Waals surface area contributed by atoms with E-state index in [2.05, 4.69) is 13.8 Å². The summed E-state index contributed by atoms with van der Waals surface area (Å²) in [5, 5.41) is 0. The molecule has 0 aliphatic heterocycles. The molecular formula is C12H25NO. The van der Waals surface area contributed by atoms with Crippen molar-refractivity contribution in [3.63, 3.8) is 0 Å². The first kappa shape index (κ1) is 12.0. The van der Waals surface area contributed by atoms with Gasteiger partial charge in [-0.1, -0.05) is 26.7 Å². The zero-order valence-corrected chi connectivity index (χ0v) is 9.67. The fourth-order valence-electron chi connectivity index (χ4n) is 2.29. The summed E-state index contributed by atoms with van der Waals surface area (Å²) >= 11 is 0. The predicted octanol–water partition coefficient (Wildman–Crippen LogP) is 2.71. The third-order valence-electron chi connectivity index (χ3n) is 3.34. The molecule has 0 aromatic rings. The van der Waals surface area contributed by atoms with Gasteiger partial charge in [-0.2, -0.15) is 0 Å². The quantitative estimate of drug-likeness (QED) is 0.739. The first-order valence-electron chi connectivity index (χ1n) is 6.13. The first-order valence-corrected chi connectivity index (χ1v) is 6.13. The van der Waals surface area contributed by atoms with Crippen molar-refractivity contribution < 1.29 is 4.74 Å². The van der Waals surface area contributed by atoms with E-state index in [9.17, 15) is 0 Å². The van der Waals surface area contributed by atoms with Crippen LogP contribution in [0.1, 0.15) is 52.4 Å². The minimum absolute atomic E-state index is 0.394. The molecule has 1 aliphatic rings. The maximum atomic E-state index is 6.11. The summed E-state index contributed by atoms with van der Waals surface area (Å²) < 4.78 is 6.11. The van der Waals surface area contributed by atoms with E-state index in [1.54, 1.807) is 0 Å². The molecule has 3 unspecified atom stereocenters. The standard InChI is InChI=1S/C12H25NO/c1-3-11(8-9-13)14-12-7-5-4-6-10(12)2/h10-12H,3-9,13H2,1-2H3. The van der Waals surface area contributed by atoms with Crippen molar-refractivity contribution in [3.05, 3.63) is 0 Å². The Labute approximate surface area is 88.2 Å². The number of hydrogen-bond donors (Lipinski definition) is 1. The predicted molar refractivity (Wildman–Crippen MR) is 60.3 cm³/mol. The average molecular weight is 199 g/mol. The van der Waals surface area contributed by atoms with Gasteiger partial charge < -0.3 is 10.5 Å². The molecule has 1 aliphatic carbocycles. The molecule has 1 fully saturated rings. The van der Waals surface area contributed by atoms with Gasteiger partial charge in [0.1, 0.15) is 0 Å². The van der Waals surface area contributed by atoms with Crippen molar-refractivity contribution in [1.29, 1.82) is 0 Å². The second-order valence-corrected chi connectivity index (χ2v) is 4.54. The Bertz CT molecular complexity index is 149. The van der Waals surface area contributed by atoms with Crippen molar-refractivity contribution in [2.75, 3.05) is 6.54 Å². The lowest BCUT2D eigenvalue weighted by Gasteiger charge is -2.32. The molecule has 0 radical (unpaired) electrons. The van der Waals surface area contributed by atoms with Gasteiger partial charge in [0.25, 0.3) is 0 Å². The molecule has 2 nitrogen and oxygen atoms in total. The Hall–Kier alpha value is -0.0800. The lowest BCUT2D eigenvalue weighted by atomic mass is 9.88. The molecule has 2 N–H and O–H groups in total. The van der Waals surface area contributed by atoms with Crippen molar-refractivity contribution in [2.24, 2.45) is 11.7 Å². The lowest BCUT2D eigenvalue weighted by molar-refractivity contribution is -0.0587. The third kappa shape index (κ3) is 3.58. The molecule has 2 heteroatoms. The molecule has 0 aromatic carbocycles. The fraction of sp³-hybridized carbons (Fsp3) is 1.00. The van der Waals surface area contributed by atoms with Gasteiger partial charge in [0.2, 0.25) is 0 Å². The van der Waals surface area contributed by atoms with Crippen molar-refractivity contribution in [3.8, 4) is 0 Å². The maximum Gasteiger partial charge on any atom is 0.0604 e. The van der Waals surface area contributed by atoms with Gasteiger partial charge >= 0.3 is 0 Å². The van der Waals surface area contributed by atoms with Crippen LogP contribution < -0.4 is 5.73 Å². The summed E-state index contributed by atoms with van der Waals surface area (Å²) in [7, 11) is 0. The molecule has 0 saturated heterocycles. The maximum absolute atomic E-state index is 6.11. The molecule has 1 rings (SSSR count). The van der Waals surface area contributed by atoms with Gasteiger partial charge in [0, 0.05) is 0 Å². The zero-order chi connectivity index (χ0) is 10.4. The van der Waals surface area contributed by atoms with E-state index in [1.807, 2.05) is 0 Å². The topological polar surface area (TPSA) is 35.2 Å². The van der Waals surface area contributed by atoms with E-state index >= 15 is 0 Å². The molecule has 0 heterocycles. The van der Waals surface area contributed by atoms with Crippen LogP contribution in [0.15, 0.2) is 0 Å². The molecule has 0 amide bonds. The summed E-state index contributed by atoms with van der Waals surface area (Å²) in [6.45, 7) is 5.26. The zero-order valence-electron chi connectivity index (χ0n) is 9.67. The Morgan fingerprint density at radius 2 is 2.07 bits per heavy atom. The highest BCUT2D eigenvalue weighted by Crippen LogP contribution is 2.27. The van der Waals surface area contributed by atoms with Crippen LogP contribution in [0, 0.1) is 5.92 Å². The fourth-order valence-corrected chi connectivity index (χ4v) is 2.29. The van der Waals surface area contributed by atoms with Crippen LogP contribution in [0.4, 0.5) is 0 Å². The summed E-state index contributed by atoms with van der Waals surface area (Å²) in [5.41, 5.74) is 5.56. The number of hydrogen-bond acceptors (Lipinski definition) is 2. The normalized spacial score (nSPS) is 30.2. The molecule has 3 atom stereocenters. The van der Waals surface area contributed by atoms with E-state index in [-0.39, 0.29) is 0 Å². The average Bonchev–Trinajstić information content (AvgIpc) is 2.20. The van der Waals surface area contributed by atoms with Crippen LogP contribution in [0.3, 0.4) is 0 Å². The van der Waals surface area contributed by atoms with E-state index in [0.29, 0.717) is 12.2 Å². The third-order valence-corrected chi connectivity index (χ3v) is 3.34. The minimum Gasteiger partial charge on any atom is -0.375 e. The van der Waals surface area contributed by atoms with Crippen molar-refractivity contribution in [1.82, 2.24) is 0 Å². The molecule has 84 valence electrons. The molecule has 0 aromatic heterocycles. The summed E-state index contributed by atoms with van der Waals surface area (Å²) in [5.74, 6) is 0.746. The van der Waals surface area contributed by atoms with Gasteiger partial charge in [-0.25, -0.2) is 0 Å². The van der Waals surface area contributed by atoms with Crippen molar-refractivity contribution >= 4 is 0 Å². The smallest absolute Gasteiger partial charge is 0.0604 e. The van der Waals surface area contributed by atoms with Crippen LogP contribution in [-0.2, 0) is 4.74 Å². The Kier molecular flexibility index (Phi) is 5.49. The van der Waals surface area contributed by atoms with Crippen LogP contribution in [0.2, 0.25) is 0 Å².